The lowest BCUT2D eigenvalue weighted by molar-refractivity contribution is 0.667. The smallest absolute Gasteiger partial charge is 0.276 e. The highest BCUT2D eigenvalue weighted by molar-refractivity contribution is 6.03. The van der Waals surface area contributed by atoms with Crippen molar-refractivity contribution in [3.05, 3.63) is 40.8 Å². The zero-order valence-electron chi connectivity index (χ0n) is 10.8. The molecule has 3 rings (SSSR count). The molecule has 2 heterocycles. The van der Waals surface area contributed by atoms with Crippen LogP contribution in [0.1, 0.15) is 8.29 Å². The molecule has 0 fully saturated rings. The number of para-hydroxylation sites is 1. The molecule has 2 aromatic heterocycles. The highest BCUT2D eigenvalue weighted by atomic mass is 16.1. The molecule has 0 aliphatic rings. The summed E-state index contributed by atoms with van der Waals surface area (Å²) < 4.78 is 17.3. The van der Waals surface area contributed by atoms with Crippen molar-refractivity contribution in [2.75, 3.05) is 0 Å². The molecule has 0 saturated heterocycles. The molecule has 80 valence electrons. The third-order valence-electron chi connectivity index (χ3n) is 2.60. The van der Waals surface area contributed by atoms with Gasteiger partial charge in [-0.1, -0.05) is 18.2 Å². The summed E-state index contributed by atoms with van der Waals surface area (Å²) in [5.74, 6) is 0. The molecule has 4 heteroatoms. The van der Waals surface area contributed by atoms with E-state index in [2.05, 4.69) is 5.10 Å². The van der Waals surface area contributed by atoms with Crippen LogP contribution in [0.25, 0.3) is 21.8 Å². The zero-order chi connectivity index (χ0) is 12.9. The predicted octanol–water partition coefficient (Wildman–Crippen LogP) is 1.90. The van der Waals surface area contributed by atoms with Crippen LogP contribution in [0.5, 0.6) is 0 Å². The number of aromatic amines is 1. The topological polar surface area (TPSA) is 50.7 Å². The van der Waals surface area contributed by atoms with Crippen molar-refractivity contribution in [1.29, 1.82) is 0 Å². The van der Waals surface area contributed by atoms with Crippen LogP contribution in [0.2, 0.25) is 1.41 Å². The largest absolute Gasteiger partial charge is 0.320 e. The molecule has 0 amide bonds. The van der Waals surface area contributed by atoms with E-state index in [-0.39, 0.29) is 11.7 Å². The molecule has 0 aliphatic carbocycles. The SMILES string of the molecule is [2H]c1c2c(nn1CC)c(=O)n([2H])c1ccccc21. The summed E-state index contributed by atoms with van der Waals surface area (Å²) in [6.45, 7) is 2.39. The molecular weight excluding hydrogens is 202 g/mol. The fourth-order valence-electron chi connectivity index (χ4n) is 1.81. The van der Waals surface area contributed by atoms with E-state index in [9.17, 15) is 4.79 Å². The van der Waals surface area contributed by atoms with Gasteiger partial charge in [0.05, 0.1) is 1.37 Å². The summed E-state index contributed by atoms with van der Waals surface area (Å²) in [4.78, 5) is 12.9. The van der Waals surface area contributed by atoms with Gasteiger partial charge >= 0.3 is 0 Å². The summed E-state index contributed by atoms with van der Waals surface area (Å²) in [7, 11) is 0. The quantitative estimate of drug-likeness (QED) is 0.674. The van der Waals surface area contributed by atoms with Gasteiger partial charge < -0.3 is 4.98 Å². The van der Waals surface area contributed by atoms with Gasteiger partial charge in [0.1, 0.15) is 0 Å². The first-order chi connectivity index (χ1) is 8.65. The molecule has 0 unspecified atom stereocenters. The van der Waals surface area contributed by atoms with Crippen LogP contribution in [0.4, 0.5) is 0 Å². The number of fused-ring (bicyclic) bond motifs is 3. The average Bonchev–Trinajstić information content (AvgIpc) is 2.73. The Balaban J connectivity index is 2.68. The number of nitrogens with one attached hydrogen (secondary N) is 1. The molecule has 0 bridgehead atoms. The van der Waals surface area contributed by atoms with Gasteiger partial charge in [0.2, 0.25) is 0 Å². The fraction of sp³-hybridized carbons (Fsp3) is 0.167. The van der Waals surface area contributed by atoms with Crippen molar-refractivity contribution in [3.63, 3.8) is 0 Å². The molecule has 0 spiro atoms. The molecule has 1 N–H and O–H groups in total. The third kappa shape index (κ3) is 1.16. The normalized spacial score (nSPS) is 13.1. The van der Waals surface area contributed by atoms with E-state index in [1.54, 1.807) is 12.1 Å². The number of aryl methyl sites for hydroxylation is 1. The van der Waals surface area contributed by atoms with E-state index >= 15 is 0 Å². The van der Waals surface area contributed by atoms with Crippen molar-refractivity contribution in [1.82, 2.24) is 14.8 Å². The first-order valence-corrected chi connectivity index (χ1v) is 5.15. The second kappa shape index (κ2) is 3.20. The van der Waals surface area contributed by atoms with Crippen molar-refractivity contribution in [2.24, 2.45) is 0 Å². The first-order valence-electron chi connectivity index (χ1n) is 6.10. The van der Waals surface area contributed by atoms with Gasteiger partial charge in [-0.05, 0) is 13.0 Å². The summed E-state index contributed by atoms with van der Waals surface area (Å²) in [5, 5.41) is 5.36. The molecule has 0 atom stereocenters. The zero-order valence-corrected chi connectivity index (χ0v) is 8.77. The van der Waals surface area contributed by atoms with Crippen molar-refractivity contribution in [3.8, 4) is 0 Å². The predicted molar refractivity (Wildman–Crippen MR) is 63.5 cm³/mol. The van der Waals surface area contributed by atoms with Gasteiger partial charge in [-0.2, -0.15) is 5.10 Å². The Morgan fingerprint density at radius 2 is 2.31 bits per heavy atom. The number of nitrogens with zero attached hydrogens (tertiary/aromatic N) is 2. The van der Waals surface area contributed by atoms with E-state index in [1.807, 2.05) is 19.1 Å². The van der Waals surface area contributed by atoms with E-state index in [0.29, 0.717) is 22.8 Å². The minimum atomic E-state index is -0.482. The van der Waals surface area contributed by atoms with Crippen LogP contribution in [-0.4, -0.2) is 14.8 Å². The Morgan fingerprint density at radius 3 is 3.12 bits per heavy atom. The van der Waals surface area contributed by atoms with Crippen molar-refractivity contribution >= 4 is 21.8 Å². The van der Waals surface area contributed by atoms with Gasteiger partial charge in [-0.25, -0.2) is 0 Å². The summed E-state index contributed by atoms with van der Waals surface area (Å²) in [6.07, 6.45) is 0.224. The second-order valence-corrected chi connectivity index (χ2v) is 3.59. The molecular formula is C12H11N3O. The summed E-state index contributed by atoms with van der Waals surface area (Å²) >= 11 is 0. The van der Waals surface area contributed by atoms with E-state index < -0.39 is 5.56 Å². The number of aromatic nitrogens is 3. The molecule has 1 aromatic carbocycles. The Morgan fingerprint density at radius 1 is 1.50 bits per heavy atom. The van der Waals surface area contributed by atoms with E-state index in [1.165, 1.54) is 4.68 Å². The maximum atomic E-state index is 12.0. The molecule has 0 radical (unpaired) electrons. The van der Waals surface area contributed by atoms with Gasteiger partial charge in [0, 0.05) is 29.0 Å². The van der Waals surface area contributed by atoms with Crippen molar-refractivity contribution < 1.29 is 2.78 Å². The monoisotopic (exact) mass is 215 g/mol. The maximum Gasteiger partial charge on any atom is 0.276 e. The molecule has 16 heavy (non-hydrogen) atoms. The molecule has 4 nitrogen and oxygen atoms in total. The number of benzene rings is 1. The highest BCUT2D eigenvalue weighted by Crippen LogP contribution is 2.19. The lowest BCUT2D eigenvalue weighted by Crippen LogP contribution is -2.06. The van der Waals surface area contributed by atoms with Gasteiger partial charge in [-0.3, -0.25) is 9.48 Å². The lowest BCUT2D eigenvalue weighted by atomic mass is 10.1. The summed E-state index contributed by atoms with van der Waals surface area (Å²) in [6, 6.07) is 7.11. The van der Waals surface area contributed by atoms with Gasteiger partial charge in [0.25, 0.3) is 5.56 Å². The molecule has 0 saturated carbocycles. The van der Waals surface area contributed by atoms with Crippen LogP contribution in [0, 0.1) is 0 Å². The second-order valence-electron chi connectivity index (χ2n) is 3.59. The average molecular weight is 215 g/mol. The number of pyridine rings is 1. The Bertz CT molecular complexity index is 819. The molecule has 0 aliphatic heterocycles. The fourth-order valence-corrected chi connectivity index (χ4v) is 1.81. The Labute approximate surface area is 94.4 Å². The Kier molecular flexibility index (Phi) is 1.44. The highest BCUT2D eigenvalue weighted by Gasteiger charge is 2.08. The maximum absolute atomic E-state index is 12.0. The Hall–Kier alpha value is -2.10. The van der Waals surface area contributed by atoms with Gasteiger partial charge in [0.15, 0.2) is 6.93 Å². The third-order valence-corrected chi connectivity index (χ3v) is 2.60. The number of rotatable bonds is 1. The number of hydrogen-bond donors (Lipinski definition) is 1. The number of hydrogen-bond acceptors (Lipinski definition) is 2. The van der Waals surface area contributed by atoms with Crippen LogP contribution >= 0.6 is 0 Å². The molecule has 3 aromatic rings. The van der Waals surface area contributed by atoms with Crippen LogP contribution in [-0.2, 0) is 6.54 Å². The van der Waals surface area contributed by atoms with Crippen LogP contribution < -0.4 is 5.56 Å². The van der Waals surface area contributed by atoms with E-state index in [0.717, 1.165) is 4.98 Å². The number of H-pyrrole nitrogens is 1. The van der Waals surface area contributed by atoms with Crippen molar-refractivity contribution in [2.45, 2.75) is 13.5 Å². The minimum absolute atomic E-state index is 0.190. The lowest BCUT2D eigenvalue weighted by Gasteiger charge is -1.96. The summed E-state index contributed by atoms with van der Waals surface area (Å²) in [5.41, 5.74) is 0.208. The van der Waals surface area contributed by atoms with Crippen LogP contribution in [0.15, 0.2) is 35.2 Å². The first kappa shape index (κ1) is 7.22. The van der Waals surface area contributed by atoms with Crippen LogP contribution in [0.3, 0.4) is 0 Å². The van der Waals surface area contributed by atoms with E-state index in [4.69, 9.17) is 2.78 Å². The minimum Gasteiger partial charge on any atom is -0.320 e. The van der Waals surface area contributed by atoms with Gasteiger partial charge in [-0.15, -0.1) is 0 Å². The standard InChI is InChI=1S/C12H11N3O/c1-2-15-7-9-8-5-3-4-6-10(8)13-12(16)11(9)14-15/h3-7H,2H2,1H3,(H,13,16)/i7D/hD.